The molecule has 0 saturated heterocycles. The predicted octanol–water partition coefficient (Wildman–Crippen LogP) is 3.74. The number of ether oxygens (including phenoxy) is 2. The molecule has 0 bridgehead atoms. The molecule has 0 atom stereocenters. The first-order valence-corrected chi connectivity index (χ1v) is 6.22. The molecule has 18 heavy (non-hydrogen) atoms. The summed E-state index contributed by atoms with van der Waals surface area (Å²) >= 11 is 3.41. The molecule has 0 spiro atoms. The minimum absolute atomic E-state index is 0.189. The molecule has 0 fully saturated rings. The number of aromatic hydroxyl groups is 1. The molecule has 0 aliphatic carbocycles. The van der Waals surface area contributed by atoms with Crippen molar-refractivity contribution in [2.75, 3.05) is 7.11 Å². The van der Waals surface area contributed by atoms with Crippen molar-refractivity contribution >= 4 is 15.9 Å². The van der Waals surface area contributed by atoms with Gasteiger partial charge in [-0.2, -0.15) is 0 Å². The first kappa shape index (κ1) is 12.8. The Labute approximate surface area is 114 Å². The molecule has 1 N–H and O–H groups in total. The van der Waals surface area contributed by atoms with Gasteiger partial charge in [0.05, 0.1) is 7.11 Å². The van der Waals surface area contributed by atoms with Crippen LogP contribution in [0.15, 0.2) is 46.9 Å². The van der Waals surface area contributed by atoms with Gasteiger partial charge in [0.1, 0.15) is 23.9 Å². The van der Waals surface area contributed by atoms with Crippen LogP contribution >= 0.6 is 15.9 Å². The van der Waals surface area contributed by atoms with Gasteiger partial charge in [0.25, 0.3) is 0 Å². The van der Waals surface area contributed by atoms with E-state index in [4.69, 9.17) is 9.47 Å². The molecule has 0 amide bonds. The summed E-state index contributed by atoms with van der Waals surface area (Å²) in [7, 11) is 1.63. The van der Waals surface area contributed by atoms with E-state index in [0.717, 1.165) is 15.8 Å². The van der Waals surface area contributed by atoms with Crippen LogP contribution < -0.4 is 9.47 Å². The third kappa shape index (κ3) is 3.17. The molecule has 2 aromatic rings. The molecule has 0 aromatic heterocycles. The fraction of sp³-hybridized carbons (Fsp3) is 0.143. The van der Waals surface area contributed by atoms with E-state index in [9.17, 15) is 5.11 Å². The number of methoxy groups -OCH3 is 1. The first-order chi connectivity index (χ1) is 8.69. The molecule has 0 radical (unpaired) electrons. The Bertz CT molecular complexity index is 540. The van der Waals surface area contributed by atoms with Gasteiger partial charge in [-0.25, -0.2) is 0 Å². The third-order valence-electron chi connectivity index (χ3n) is 2.45. The number of benzene rings is 2. The smallest absolute Gasteiger partial charge is 0.125 e. The van der Waals surface area contributed by atoms with Gasteiger partial charge in [0.2, 0.25) is 0 Å². The van der Waals surface area contributed by atoms with Gasteiger partial charge in [0, 0.05) is 16.1 Å². The maximum atomic E-state index is 9.34. The molecule has 0 aliphatic heterocycles. The standard InChI is InChI=1S/C14H13BrO3/c1-17-14-6-5-11(15)7-10(14)9-18-13-4-2-3-12(16)8-13/h2-8,16H,9H2,1H3. The Balaban J connectivity index is 2.12. The molecule has 0 saturated carbocycles. The van der Waals surface area contributed by atoms with E-state index in [1.807, 2.05) is 18.2 Å². The summed E-state index contributed by atoms with van der Waals surface area (Å²) in [6.45, 7) is 0.381. The number of hydrogen-bond donors (Lipinski definition) is 1. The third-order valence-corrected chi connectivity index (χ3v) is 2.95. The lowest BCUT2D eigenvalue weighted by atomic mass is 10.2. The second-order valence-corrected chi connectivity index (χ2v) is 4.66. The van der Waals surface area contributed by atoms with Crippen molar-refractivity contribution in [2.24, 2.45) is 0 Å². The summed E-state index contributed by atoms with van der Waals surface area (Å²) in [5, 5.41) is 9.34. The van der Waals surface area contributed by atoms with Crippen molar-refractivity contribution < 1.29 is 14.6 Å². The van der Waals surface area contributed by atoms with Crippen molar-refractivity contribution in [3.8, 4) is 17.2 Å². The fourth-order valence-electron chi connectivity index (χ4n) is 1.59. The Morgan fingerprint density at radius 1 is 1.17 bits per heavy atom. The highest BCUT2D eigenvalue weighted by molar-refractivity contribution is 9.10. The summed E-state index contributed by atoms with van der Waals surface area (Å²) in [6, 6.07) is 12.5. The number of rotatable bonds is 4. The van der Waals surface area contributed by atoms with E-state index < -0.39 is 0 Å². The lowest BCUT2D eigenvalue weighted by molar-refractivity contribution is 0.295. The summed E-state index contributed by atoms with van der Waals surface area (Å²) in [4.78, 5) is 0. The topological polar surface area (TPSA) is 38.7 Å². The Morgan fingerprint density at radius 2 is 2.00 bits per heavy atom. The lowest BCUT2D eigenvalue weighted by Gasteiger charge is -2.10. The highest BCUT2D eigenvalue weighted by atomic mass is 79.9. The zero-order chi connectivity index (χ0) is 13.0. The lowest BCUT2D eigenvalue weighted by Crippen LogP contribution is -1.98. The summed E-state index contributed by atoms with van der Waals surface area (Å²) in [5.74, 6) is 1.59. The van der Waals surface area contributed by atoms with E-state index in [1.165, 1.54) is 0 Å². The normalized spacial score (nSPS) is 10.1. The number of halogens is 1. The number of hydrogen-bond acceptors (Lipinski definition) is 3. The average Bonchev–Trinajstić information content (AvgIpc) is 2.37. The van der Waals surface area contributed by atoms with Crippen LogP contribution in [-0.4, -0.2) is 12.2 Å². The van der Waals surface area contributed by atoms with Crippen LogP contribution in [-0.2, 0) is 6.61 Å². The molecular weight excluding hydrogens is 296 g/mol. The van der Waals surface area contributed by atoms with E-state index in [-0.39, 0.29) is 5.75 Å². The van der Waals surface area contributed by atoms with Crippen LogP contribution in [0.4, 0.5) is 0 Å². The van der Waals surface area contributed by atoms with Crippen LogP contribution in [0.1, 0.15) is 5.56 Å². The summed E-state index contributed by atoms with van der Waals surface area (Å²) in [6.07, 6.45) is 0. The van der Waals surface area contributed by atoms with Crippen molar-refractivity contribution in [1.29, 1.82) is 0 Å². The van der Waals surface area contributed by atoms with Gasteiger partial charge >= 0.3 is 0 Å². The molecule has 0 aliphatic rings. The highest BCUT2D eigenvalue weighted by Crippen LogP contribution is 2.25. The second kappa shape index (κ2) is 5.78. The van der Waals surface area contributed by atoms with Gasteiger partial charge < -0.3 is 14.6 Å². The SMILES string of the molecule is COc1ccc(Br)cc1COc1cccc(O)c1. The summed E-state index contributed by atoms with van der Waals surface area (Å²) < 4.78 is 11.8. The Kier molecular flexibility index (Phi) is 4.10. The van der Waals surface area contributed by atoms with Crippen LogP contribution in [0.25, 0.3) is 0 Å². The van der Waals surface area contributed by atoms with Gasteiger partial charge in [-0.3, -0.25) is 0 Å². The van der Waals surface area contributed by atoms with Crippen LogP contribution in [0, 0.1) is 0 Å². The maximum Gasteiger partial charge on any atom is 0.125 e. The number of phenols is 1. The van der Waals surface area contributed by atoms with E-state index >= 15 is 0 Å². The molecule has 0 heterocycles. The molecule has 3 nitrogen and oxygen atoms in total. The first-order valence-electron chi connectivity index (χ1n) is 5.43. The van der Waals surface area contributed by atoms with Gasteiger partial charge in [-0.15, -0.1) is 0 Å². The minimum Gasteiger partial charge on any atom is -0.508 e. The van der Waals surface area contributed by atoms with Crippen LogP contribution in [0.3, 0.4) is 0 Å². The molecule has 4 heteroatoms. The maximum absolute atomic E-state index is 9.34. The van der Waals surface area contributed by atoms with E-state index in [0.29, 0.717) is 12.4 Å². The molecule has 94 valence electrons. The van der Waals surface area contributed by atoms with Crippen LogP contribution in [0.5, 0.6) is 17.2 Å². The molecule has 2 aromatic carbocycles. The second-order valence-electron chi connectivity index (χ2n) is 3.74. The van der Waals surface area contributed by atoms with Crippen molar-refractivity contribution in [3.05, 3.63) is 52.5 Å². The number of phenolic OH excluding ortho intramolecular Hbond substituents is 1. The average molecular weight is 309 g/mol. The zero-order valence-electron chi connectivity index (χ0n) is 9.89. The van der Waals surface area contributed by atoms with E-state index in [2.05, 4.69) is 15.9 Å². The van der Waals surface area contributed by atoms with Crippen LogP contribution in [0.2, 0.25) is 0 Å². The van der Waals surface area contributed by atoms with Gasteiger partial charge in [-0.1, -0.05) is 22.0 Å². The van der Waals surface area contributed by atoms with Crippen molar-refractivity contribution in [1.82, 2.24) is 0 Å². The van der Waals surface area contributed by atoms with Gasteiger partial charge in [-0.05, 0) is 30.3 Å². The predicted molar refractivity (Wildman–Crippen MR) is 73.1 cm³/mol. The molecular formula is C14H13BrO3. The monoisotopic (exact) mass is 308 g/mol. The van der Waals surface area contributed by atoms with Crippen molar-refractivity contribution in [2.45, 2.75) is 6.61 Å². The Morgan fingerprint density at radius 3 is 2.72 bits per heavy atom. The quantitative estimate of drug-likeness (QED) is 0.935. The largest absolute Gasteiger partial charge is 0.508 e. The minimum atomic E-state index is 0.189. The van der Waals surface area contributed by atoms with E-state index in [1.54, 1.807) is 31.4 Å². The zero-order valence-corrected chi connectivity index (χ0v) is 11.5. The van der Waals surface area contributed by atoms with Gasteiger partial charge in [0.15, 0.2) is 0 Å². The molecule has 0 unspecified atom stereocenters. The Hall–Kier alpha value is -1.68. The van der Waals surface area contributed by atoms with Crippen molar-refractivity contribution in [3.63, 3.8) is 0 Å². The fourth-order valence-corrected chi connectivity index (χ4v) is 2.00. The highest BCUT2D eigenvalue weighted by Gasteiger charge is 2.05. The molecule has 2 rings (SSSR count). The summed E-state index contributed by atoms with van der Waals surface area (Å²) in [5.41, 5.74) is 0.940.